The molecule has 2 saturated carbocycles. The van der Waals surface area contributed by atoms with Crippen LogP contribution >= 0.6 is 34.1 Å². The van der Waals surface area contributed by atoms with Gasteiger partial charge in [0, 0.05) is 0 Å². The molecule has 4 aliphatic rings. The molecule has 2 unspecified atom stereocenters. The Morgan fingerprint density at radius 2 is 0.754 bits per heavy atom. The van der Waals surface area contributed by atoms with E-state index in [-0.39, 0.29) is 18.1 Å². The first-order chi connectivity index (χ1) is 33.4. The summed E-state index contributed by atoms with van der Waals surface area (Å²) in [5.74, 6) is 0. The second-order valence-electron chi connectivity index (χ2n) is 22.6. The van der Waals surface area contributed by atoms with Crippen LogP contribution in [0.1, 0.15) is 159 Å². The molecule has 69 heavy (non-hydrogen) atoms. The summed E-state index contributed by atoms with van der Waals surface area (Å²) in [7, 11) is 32.1. The molecule has 0 nitrogen and oxygen atoms in total. The Morgan fingerprint density at radius 3 is 1.16 bits per heavy atom. The minimum absolute atomic E-state index is 0.133. The number of rotatable bonds is 12. The Balaban J connectivity index is 0.977. The van der Waals surface area contributed by atoms with E-state index >= 15 is 0 Å². The average molecular weight is 1170 g/mol. The fraction of sp³-hybridized carbons (Fsp3) is 0.419. The molecule has 360 valence electrons. The molecule has 4 aliphatic carbocycles. The molecule has 0 N–H and O–H groups in total. The number of hydrogen-bond acceptors (Lipinski definition) is 0. The number of benzene rings is 6. The van der Waals surface area contributed by atoms with Crippen LogP contribution in [0.3, 0.4) is 0 Å². The van der Waals surface area contributed by atoms with Crippen LogP contribution in [0.4, 0.5) is 0 Å². The Kier molecular flexibility index (Phi) is 16.3. The van der Waals surface area contributed by atoms with Crippen molar-refractivity contribution >= 4 is 77.3 Å². The Hall–Kier alpha value is -1.54. The summed E-state index contributed by atoms with van der Waals surface area (Å²) >= 11 is -7.90. The standard InChI is InChI=1S/2C30H33.C2H6Si.4ClH.2Zr/c2*1-30(18-8-4-2-3-5-9-19-30)22-23-20-25-14-11-17-28(29(25)21-23)27-16-10-13-24-12-6-7-15-26(24)27;1-3-2;;;;;;/h2*6-7,10-17,20-21H,2-5,8-9,18-19,22H2,1H3;1-3H2;4*1H;;/q;;;;;;;2*+2/p-4. The quantitative estimate of drug-likeness (QED) is 0.107. The van der Waals surface area contributed by atoms with Crippen LogP contribution in [0.2, 0.25) is 7.50 Å². The van der Waals surface area contributed by atoms with Gasteiger partial charge < -0.3 is 0 Å². The zero-order valence-electron chi connectivity index (χ0n) is 41.2. The van der Waals surface area contributed by atoms with Crippen LogP contribution < -0.4 is 0 Å². The molecule has 0 aliphatic heterocycles. The Labute approximate surface area is 440 Å². The first-order valence-corrected chi connectivity index (χ1v) is 47.8. The maximum atomic E-state index is 8.22. The molecule has 7 heteroatoms. The summed E-state index contributed by atoms with van der Waals surface area (Å²) in [6.07, 6.45) is 28.6. The summed E-state index contributed by atoms with van der Waals surface area (Å²) in [4.78, 5) is 0. The van der Waals surface area contributed by atoms with E-state index in [9.17, 15) is 0 Å². The summed E-state index contributed by atoms with van der Waals surface area (Å²) in [5.41, 5.74) is 14.2. The van der Waals surface area contributed by atoms with Crippen molar-refractivity contribution in [2.75, 3.05) is 0 Å². The van der Waals surface area contributed by atoms with E-state index in [1.807, 2.05) is 0 Å². The van der Waals surface area contributed by atoms with Gasteiger partial charge in [0.1, 0.15) is 0 Å². The van der Waals surface area contributed by atoms with E-state index in [1.54, 1.807) is 0 Å². The second kappa shape index (κ2) is 22.1. The van der Waals surface area contributed by atoms with Crippen molar-refractivity contribution in [2.24, 2.45) is 10.8 Å². The van der Waals surface area contributed by atoms with Gasteiger partial charge in [-0.05, 0) is 0 Å². The molecule has 10 rings (SSSR count). The third-order valence-electron chi connectivity index (χ3n) is 17.2. The molecular weight excluding hydrogens is 1100 g/mol. The van der Waals surface area contributed by atoms with E-state index in [1.165, 1.54) is 180 Å². The molecule has 0 saturated heterocycles. The minimum atomic E-state index is -3.95. The van der Waals surface area contributed by atoms with Crippen LogP contribution in [0.15, 0.2) is 132 Å². The van der Waals surface area contributed by atoms with E-state index in [0.29, 0.717) is 0 Å². The Bertz CT molecular complexity index is 2640. The van der Waals surface area contributed by atoms with Gasteiger partial charge in [0.25, 0.3) is 0 Å². The molecule has 2 atom stereocenters. The summed E-state index contributed by atoms with van der Waals surface area (Å²) in [6, 6.07) is 45.2. The second-order valence-corrected chi connectivity index (χ2v) is 60.2. The molecule has 0 radical (unpaired) electrons. The van der Waals surface area contributed by atoms with Gasteiger partial charge in [-0.3, -0.25) is 0 Å². The number of hydrogen-bond donors (Lipinski definition) is 0. The molecule has 0 amide bonds. The SMILES string of the molecule is CC1(CC2=Cc3c(-c4cccc5ccccc45)cccc3[CH]2[Zr]([Cl])([Cl])[CH2][SiH2][CH2][Zr]([Cl])([Cl])[CH]2C(CC3(C)CCCCCCCC3)=Cc3c(-c4cccc5ccccc45)cccc32)CCCCCCCC1. The van der Waals surface area contributed by atoms with Crippen LogP contribution in [0.25, 0.3) is 56.0 Å². The van der Waals surface area contributed by atoms with Crippen molar-refractivity contribution in [1.29, 1.82) is 0 Å². The number of halogens is 4. The maximum absolute atomic E-state index is 8.22. The molecule has 0 spiro atoms. The van der Waals surface area contributed by atoms with Crippen molar-refractivity contribution in [3.8, 4) is 22.3 Å². The number of allylic oxidation sites excluding steroid dienone is 2. The fourth-order valence-corrected chi connectivity index (χ4v) is 58.2. The average Bonchev–Trinajstić information content (AvgIpc) is 3.96. The van der Waals surface area contributed by atoms with Gasteiger partial charge in [-0.2, -0.15) is 0 Å². The van der Waals surface area contributed by atoms with Crippen LogP contribution in [-0.4, -0.2) is 9.52 Å². The summed E-state index contributed by atoms with van der Waals surface area (Å²) < 4.78 is 2.24. The van der Waals surface area contributed by atoms with E-state index < -0.39 is 45.3 Å². The first kappa shape index (κ1) is 51.0. The zero-order valence-corrected chi connectivity index (χ0v) is 50.6. The third-order valence-corrected chi connectivity index (χ3v) is 60.4. The van der Waals surface area contributed by atoms with Crippen molar-refractivity contribution in [1.82, 2.24) is 0 Å². The normalized spacial score (nSPS) is 21.1. The molecule has 0 bridgehead atoms. The van der Waals surface area contributed by atoms with E-state index in [2.05, 4.69) is 147 Å². The summed E-state index contributed by atoms with van der Waals surface area (Å²) in [5, 5.41) is 5.15. The molecule has 6 aromatic rings. The predicted molar refractivity (Wildman–Crippen MR) is 301 cm³/mol. The van der Waals surface area contributed by atoms with Crippen molar-refractivity contribution in [3.63, 3.8) is 0 Å². The van der Waals surface area contributed by atoms with Gasteiger partial charge in [0.2, 0.25) is 0 Å². The molecule has 6 aromatic carbocycles. The van der Waals surface area contributed by atoms with Gasteiger partial charge in [-0.15, -0.1) is 0 Å². The van der Waals surface area contributed by atoms with Crippen LogP contribution in [0, 0.1) is 10.8 Å². The molecular formula is C62H72Cl4SiZr2. The van der Waals surface area contributed by atoms with Crippen molar-refractivity contribution < 1.29 is 35.8 Å². The van der Waals surface area contributed by atoms with Crippen LogP contribution in [-0.2, 0) is 35.8 Å². The van der Waals surface area contributed by atoms with Gasteiger partial charge in [-0.1, -0.05) is 0 Å². The van der Waals surface area contributed by atoms with Gasteiger partial charge in [0.15, 0.2) is 0 Å². The third kappa shape index (κ3) is 11.3. The van der Waals surface area contributed by atoms with Gasteiger partial charge >= 0.3 is 445 Å². The predicted octanol–water partition coefficient (Wildman–Crippen LogP) is 20.8. The summed E-state index contributed by atoms with van der Waals surface area (Å²) in [6.45, 7) is 5.16. The van der Waals surface area contributed by atoms with Crippen molar-refractivity contribution in [2.45, 2.75) is 144 Å². The Morgan fingerprint density at radius 1 is 0.420 bits per heavy atom. The monoisotopic (exact) mass is 1160 g/mol. The van der Waals surface area contributed by atoms with E-state index in [0.717, 1.165) is 20.3 Å². The topological polar surface area (TPSA) is 0 Å². The van der Waals surface area contributed by atoms with Crippen LogP contribution in [0.5, 0.6) is 0 Å². The molecule has 2 fully saturated rings. The molecule has 0 aromatic heterocycles. The van der Waals surface area contributed by atoms with Gasteiger partial charge in [-0.25, -0.2) is 0 Å². The first-order valence-electron chi connectivity index (χ1n) is 26.8. The fourth-order valence-electron chi connectivity index (χ4n) is 13.7. The zero-order chi connectivity index (χ0) is 47.6. The number of fused-ring (bicyclic) bond motifs is 4. The van der Waals surface area contributed by atoms with Gasteiger partial charge in [0.05, 0.1) is 0 Å². The van der Waals surface area contributed by atoms with E-state index in [4.69, 9.17) is 34.1 Å². The molecule has 0 heterocycles. The van der Waals surface area contributed by atoms with Crippen molar-refractivity contribution in [3.05, 3.63) is 155 Å².